The average molecular weight is 407 g/mol. The van der Waals surface area contributed by atoms with Crippen LogP contribution in [0, 0.1) is 0 Å². The molecule has 4 rings (SSSR count). The molecule has 2 aromatic carbocycles. The summed E-state index contributed by atoms with van der Waals surface area (Å²) in [5.74, 6) is -0.358. The first kappa shape index (κ1) is 20.1. The molecule has 1 amide bonds. The first-order chi connectivity index (χ1) is 14.6. The normalized spacial score (nSPS) is 17.2. The highest BCUT2D eigenvalue weighted by Crippen LogP contribution is 2.15. The van der Waals surface area contributed by atoms with E-state index in [4.69, 9.17) is 4.74 Å². The van der Waals surface area contributed by atoms with Crippen LogP contribution in [0.25, 0.3) is 10.9 Å². The Labute approximate surface area is 173 Å². The molecule has 1 aromatic heterocycles. The van der Waals surface area contributed by atoms with Crippen molar-refractivity contribution in [2.75, 3.05) is 13.2 Å². The van der Waals surface area contributed by atoms with Gasteiger partial charge in [0.1, 0.15) is 6.04 Å². The van der Waals surface area contributed by atoms with E-state index in [9.17, 15) is 14.4 Å². The Hall–Kier alpha value is -3.19. The zero-order valence-corrected chi connectivity index (χ0v) is 16.9. The molecule has 2 atom stereocenters. The van der Waals surface area contributed by atoms with Gasteiger partial charge in [-0.3, -0.25) is 14.2 Å². The van der Waals surface area contributed by atoms with Crippen molar-refractivity contribution in [2.24, 2.45) is 7.05 Å². The summed E-state index contributed by atoms with van der Waals surface area (Å²) < 4.78 is 8.08. The summed E-state index contributed by atoms with van der Waals surface area (Å²) in [4.78, 5) is 39.5. The number of hydrogen-bond acceptors (Lipinski definition) is 4. The summed E-state index contributed by atoms with van der Waals surface area (Å²) in [6.45, 7) is 1.06. The van der Waals surface area contributed by atoms with Crippen LogP contribution >= 0.6 is 0 Å². The maximum Gasteiger partial charge on any atom is 0.331 e. The fraction of sp³-hybridized carbons (Fsp3) is 0.348. The predicted octanol–water partition coefficient (Wildman–Crippen LogP) is 1.78. The lowest BCUT2D eigenvalue weighted by Crippen LogP contribution is -2.48. The number of para-hydroxylation sites is 1. The Morgan fingerprint density at radius 1 is 1.13 bits per heavy atom. The van der Waals surface area contributed by atoms with Gasteiger partial charge in [-0.25, -0.2) is 9.36 Å². The van der Waals surface area contributed by atoms with Crippen molar-refractivity contribution >= 4 is 16.8 Å². The highest BCUT2D eigenvalue weighted by molar-refractivity contribution is 5.82. The van der Waals surface area contributed by atoms with E-state index < -0.39 is 17.3 Å². The van der Waals surface area contributed by atoms with E-state index in [-0.39, 0.29) is 18.4 Å². The number of ether oxygens (including phenoxy) is 1. The van der Waals surface area contributed by atoms with Gasteiger partial charge in [0.15, 0.2) is 0 Å². The summed E-state index contributed by atoms with van der Waals surface area (Å²) >= 11 is 0. The van der Waals surface area contributed by atoms with Crippen LogP contribution in [0.5, 0.6) is 0 Å². The van der Waals surface area contributed by atoms with E-state index in [1.807, 2.05) is 30.3 Å². The molecule has 1 fully saturated rings. The van der Waals surface area contributed by atoms with Crippen LogP contribution in [-0.4, -0.2) is 34.3 Å². The Balaban J connectivity index is 1.76. The topological polar surface area (TPSA) is 82.3 Å². The second-order valence-electron chi connectivity index (χ2n) is 7.62. The fourth-order valence-corrected chi connectivity index (χ4v) is 3.98. The SMILES string of the molecule is Cn1c(=O)n(C(Cc2ccccc2)C(=O)NCC2CCCO2)c(=O)c2ccccc21. The van der Waals surface area contributed by atoms with Crippen molar-refractivity contribution < 1.29 is 9.53 Å². The van der Waals surface area contributed by atoms with E-state index in [0.29, 0.717) is 24.1 Å². The standard InChI is InChI=1S/C23H25N3O4/c1-25-19-12-6-5-11-18(19)22(28)26(23(25)29)20(14-16-8-3-2-4-9-16)21(27)24-15-17-10-7-13-30-17/h2-6,8-9,11-12,17,20H,7,10,13-15H2,1H3,(H,24,27). The Morgan fingerprint density at radius 2 is 1.87 bits per heavy atom. The van der Waals surface area contributed by atoms with Gasteiger partial charge in [0.25, 0.3) is 5.56 Å². The second kappa shape index (κ2) is 8.67. The monoisotopic (exact) mass is 407 g/mol. The second-order valence-corrected chi connectivity index (χ2v) is 7.62. The third-order valence-electron chi connectivity index (χ3n) is 5.62. The predicted molar refractivity (Wildman–Crippen MR) is 115 cm³/mol. The molecule has 2 unspecified atom stereocenters. The van der Waals surface area contributed by atoms with Crippen LogP contribution in [-0.2, 0) is 23.0 Å². The molecule has 0 bridgehead atoms. The van der Waals surface area contributed by atoms with Crippen LogP contribution in [0.3, 0.4) is 0 Å². The number of aryl methyl sites for hydroxylation is 1. The lowest BCUT2D eigenvalue weighted by Gasteiger charge is -2.21. The third-order valence-corrected chi connectivity index (χ3v) is 5.62. The van der Waals surface area contributed by atoms with E-state index in [2.05, 4.69) is 5.32 Å². The Kier molecular flexibility index (Phi) is 5.81. The number of carbonyl (C=O) groups is 1. The zero-order valence-electron chi connectivity index (χ0n) is 16.9. The third kappa shape index (κ3) is 3.93. The molecule has 7 heteroatoms. The van der Waals surface area contributed by atoms with Crippen molar-refractivity contribution in [2.45, 2.75) is 31.4 Å². The van der Waals surface area contributed by atoms with Gasteiger partial charge in [0.05, 0.1) is 17.0 Å². The first-order valence-electron chi connectivity index (χ1n) is 10.2. The smallest absolute Gasteiger partial charge is 0.331 e. The summed E-state index contributed by atoms with van der Waals surface area (Å²) in [6, 6.07) is 15.4. The molecule has 30 heavy (non-hydrogen) atoms. The minimum absolute atomic E-state index is 0.0255. The maximum atomic E-state index is 13.2. The van der Waals surface area contributed by atoms with Crippen molar-refractivity contribution in [3.63, 3.8) is 0 Å². The molecule has 0 saturated carbocycles. The van der Waals surface area contributed by atoms with Crippen molar-refractivity contribution in [1.29, 1.82) is 0 Å². The molecular weight excluding hydrogens is 382 g/mol. The quantitative estimate of drug-likeness (QED) is 0.675. The molecule has 1 aliphatic rings. The molecule has 1 N–H and O–H groups in total. The number of nitrogens with zero attached hydrogens (tertiary/aromatic N) is 2. The minimum atomic E-state index is -0.954. The molecule has 2 heterocycles. The molecule has 0 aliphatic carbocycles. The van der Waals surface area contributed by atoms with Gasteiger partial charge in [-0.2, -0.15) is 0 Å². The summed E-state index contributed by atoms with van der Waals surface area (Å²) in [5.41, 5.74) is 0.452. The number of nitrogens with one attached hydrogen (secondary N) is 1. The van der Waals surface area contributed by atoms with Gasteiger partial charge in [0.2, 0.25) is 5.91 Å². The van der Waals surface area contributed by atoms with Crippen LogP contribution in [0.15, 0.2) is 64.2 Å². The fourth-order valence-electron chi connectivity index (χ4n) is 3.98. The number of benzene rings is 2. The van der Waals surface area contributed by atoms with Crippen LogP contribution in [0.1, 0.15) is 24.4 Å². The highest BCUT2D eigenvalue weighted by atomic mass is 16.5. The number of hydrogen-bond donors (Lipinski definition) is 1. The molecule has 3 aromatic rings. The molecule has 1 saturated heterocycles. The zero-order chi connectivity index (χ0) is 21.1. The molecule has 0 spiro atoms. The molecular formula is C23H25N3O4. The summed E-state index contributed by atoms with van der Waals surface area (Å²) in [6.07, 6.45) is 2.08. The van der Waals surface area contributed by atoms with Crippen molar-refractivity contribution in [3.8, 4) is 0 Å². The van der Waals surface area contributed by atoms with Gasteiger partial charge in [-0.05, 0) is 30.5 Å². The molecule has 7 nitrogen and oxygen atoms in total. The number of aromatic nitrogens is 2. The minimum Gasteiger partial charge on any atom is -0.376 e. The lowest BCUT2D eigenvalue weighted by atomic mass is 10.0. The number of rotatable bonds is 6. The molecule has 1 aliphatic heterocycles. The van der Waals surface area contributed by atoms with Gasteiger partial charge in [-0.15, -0.1) is 0 Å². The lowest BCUT2D eigenvalue weighted by molar-refractivity contribution is -0.125. The van der Waals surface area contributed by atoms with Crippen LogP contribution in [0.4, 0.5) is 0 Å². The van der Waals surface area contributed by atoms with Gasteiger partial charge < -0.3 is 10.1 Å². The summed E-state index contributed by atoms with van der Waals surface area (Å²) in [5, 5.41) is 3.30. The van der Waals surface area contributed by atoms with Gasteiger partial charge >= 0.3 is 5.69 Å². The van der Waals surface area contributed by atoms with E-state index in [1.165, 1.54) is 4.57 Å². The first-order valence-corrected chi connectivity index (χ1v) is 10.2. The van der Waals surface area contributed by atoms with Crippen molar-refractivity contribution in [3.05, 3.63) is 81.0 Å². The van der Waals surface area contributed by atoms with Crippen LogP contribution < -0.4 is 16.6 Å². The van der Waals surface area contributed by atoms with Crippen LogP contribution in [0.2, 0.25) is 0 Å². The summed E-state index contributed by atoms with van der Waals surface area (Å²) in [7, 11) is 1.62. The van der Waals surface area contributed by atoms with Gasteiger partial charge in [-0.1, -0.05) is 42.5 Å². The van der Waals surface area contributed by atoms with E-state index in [0.717, 1.165) is 23.0 Å². The molecule has 0 radical (unpaired) electrons. The Morgan fingerprint density at radius 3 is 2.60 bits per heavy atom. The number of carbonyl (C=O) groups excluding carboxylic acids is 1. The van der Waals surface area contributed by atoms with Gasteiger partial charge in [0, 0.05) is 26.6 Å². The van der Waals surface area contributed by atoms with Crippen molar-refractivity contribution in [1.82, 2.24) is 14.5 Å². The van der Waals surface area contributed by atoms with E-state index >= 15 is 0 Å². The highest BCUT2D eigenvalue weighted by Gasteiger charge is 2.27. The van der Waals surface area contributed by atoms with E-state index in [1.54, 1.807) is 31.3 Å². The largest absolute Gasteiger partial charge is 0.376 e. The Bertz CT molecular complexity index is 1160. The maximum absolute atomic E-state index is 13.2. The number of amides is 1. The number of fused-ring (bicyclic) bond motifs is 1. The average Bonchev–Trinajstić information content (AvgIpc) is 3.30. The molecule has 156 valence electrons.